The van der Waals surface area contributed by atoms with Crippen molar-refractivity contribution >= 4 is 5.97 Å². The fourth-order valence-electron chi connectivity index (χ4n) is 3.23. The first-order chi connectivity index (χ1) is 12.1. The molecule has 0 saturated heterocycles. The highest BCUT2D eigenvalue weighted by Gasteiger charge is 2.22. The number of carbonyl (C=O) groups is 1. The van der Waals surface area contributed by atoms with Gasteiger partial charge in [-0.25, -0.2) is 13.6 Å². The molecule has 132 valence electrons. The number of hydrogen-bond donors (Lipinski definition) is 0. The van der Waals surface area contributed by atoms with E-state index in [-0.39, 0.29) is 5.75 Å². The standard InChI is InChI=1S/C20H20F2O3/c1-24-16-8-6-14(7-9-16)13-2-4-15(5-3-13)20(23)25-17-10-11-18(21)19(22)12-17/h2-5,10-12,14,16H,6-9H2,1H3. The summed E-state index contributed by atoms with van der Waals surface area (Å²) in [5.41, 5.74) is 1.57. The van der Waals surface area contributed by atoms with E-state index in [4.69, 9.17) is 9.47 Å². The average Bonchev–Trinajstić information content (AvgIpc) is 2.65. The Hall–Kier alpha value is -2.27. The van der Waals surface area contributed by atoms with Crippen molar-refractivity contribution in [1.29, 1.82) is 0 Å². The molecule has 25 heavy (non-hydrogen) atoms. The van der Waals surface area contributed by atoms with Crippen LogP contribution in [0.5, 0.6) is 5.75 Å². The van der Waals surface area contributed by atoms with Gasteiger partial charge in [0.1, 0.15) is 5.75 Å². The number of ether oxygens (including phenoxy) is 2. The van der Waals surface area contributed by atoms with Gasteiger partial charge < -0.3 is 9.47 Å². The zero-order chi connectivity index (χ0) is 17.8. The van der Waals surface area contributed by atoms with Crippen molar-refractivity contribution in [2.45, 2.75) is 37.7 Å². The second-order valence-electron chi connectivity index (χ2n) is 6.30. The van der Waals surface area contributed by atoms with E-state index in [1.165, 1.54) is 11.6 Å². The number of methoxy groups -OCH3 is 1. The van der Waals surface area contributed by atoms with Crippen molar-refractivity contribution < 1.29 is 23.0 Å². The molecule has 2 aromatic rings. The third kappa shape index (κ3) is 4.23. The summed E-state index contributed by atoms with van der Waals surface area (Å²) in [6, 6.07) is 10.3. The highest BCUT2D eigenvalue weighted by atomic mass is 19.2. The summed E-state index contributed by atoms with van der Waals surface area (Å²) in [6.07, 6.45) is 4.57. The number of benzene rings is 2. The van der Waals surface area contributed by atoms with Crippen molar-refractivity contribution in [2.75, 3.05) is 7.11 Å². The molecule has 3 rings (SSSR count). The lowest BCUT2D eigenvalue weighted by Crippen LogP contribution is -2.19. The Bertz CT molecular complexity index is 735. The van der Waals surface area contributed by atoms with Crippen molar-refractivity contribution in [3.05, 3.63) is 65.2 Å². The minimum Gasteiger partial charge on any atom is -0.423 e. The summed E-state index contributed by atoms with van der Waals surface area (Å²) >= 11 is 0. The Labute approximate surface area is 145 Å². The van der Waals surface area contributed by atoms with Gasteiger partial charge in [-0.15, -0.1) is 0 Å². The smallest absolute Gasteiger partial charge is 0.343 e. The zero-order valence-corrected chi connectivity index (χ0v) is 14.0. The van der Waals surface area contributed by atoms with E-state index in [0.717, 1.165) is 37.8 Å². The van der Waals surface area contributed by atoms with Gasteiger partial charge >= 0.3 is 5.97 Å². The monoisotopic (exact) mass is 346 g/mol. The Morgan fingerprint density at radius 3 is 2.24 bits per heavy atom. The molecule has 0 atom stereocenters. The fraction of sp³-hybridized carbons (Fsp3) is 0.350. The molecule has 3 nitrogen and oxygen atoms in total. The third-order valence-electron chi connectivity index (χ3n) is 4.73. The van der Waals surface area contributed by atoms with E-state index in [1.807, 2.05) is 12.1 Å². The number of halogens is 2. The van der Waals surface area contributed by atoms with Gasteiger partial charge in [-0.2, -0.15) is 0 Å². The molecule has 1 aliphatic carbocycles. The second kappa shape index (κ2) is 7.74. The largest absolute Gasteiger partial charge is 0.423 e. The lowest BCUT2D eigenvalue weighted by atomic mass is 9.82. The predicted molar refractivity (Wildman–Crippen MR) is 89.8 cm³/mol. The summed E-state index contributed by atoms with van der Waals surface area (Å²) in [4.78, 5) is 12.1. The van der Waals surface area contributed by atoms with Crippen molar-refractivity contribution in [2.24, 2.45) is 0 Å². The Morgan fingerprint density at radius 1 is 0.960 bits per heavy atom. The maximum atomic E-state index is 13.2. The van der Waals surface area contributed by atoms with Crippen LogP contribution in [0.1, 0.15) is 47.5 Å². The molecule has 0 heterocycles. The molecule has 0 spiro atoms. The van der Waals surface area contributed by atoms with E-state index < -0.39 is 17.6 Å². The summed E-state index contributed by atoms with van der Waals surface area (Å²) < 4.78 is 36.5. The van der Waals surface area contributed by atoms with Crippen LogP contribution >= 0.6 is 0 Å². The van der Waals surface area contributed by atoms with Crippen LogP contribution in [0.4, 0.5) is 8.78 Å². The van der Waals surface area contributed by atoms with Gasteiger partial charge in [0.25, 0.3) is 0 Å². The minimum atomic E-state index is -1.05. The third-order valence-corrected chi connectivity index (χ3v) is 4.73. The molecule has 0 N–H and O–H groups in total. The molecule has 0 unspecified atom stereocenters. The fourth-order valence-corrected chi connectivity index (χ4v) is 3.23. The molecule has 0 aliphatic heterocycles. The minimum absolute atomic E-state index is 0.0223. The Morgan fingerprint density at radius 2 is 1.64 bits per heavy atom. The van der Waals surface area contributed by atoms with Crippen molar-refractivity contribution in [1.82, 2.24) is 0 Å². The van der Waals surface area contributed by atoms with Gasteiger partial charge in [0.15, 0.2) is 11.6 Å². The van der Waals surface area contributed by atoms with Crippen LogP contribution in [0.15, 0.2) is 42.5 Å². The van der Waals surface area contributed by atoms with Crippen LogP contribution in [0, 0.1) is 11.6 Å². The molecule has 5 heteroatoms. The number of carbonyl (C=O) groups excluding carboxylic acids is 1. The van der Waals surface area contributed by atoms with Gasteiger partial charge in [0.05, 0.1) is 11.7 Å². The van der Waals surface area contributed by atoms with Gasteiger partial charge in [-0.05, 0) is 61.4 Å². The van der Waals surface area contributed by atoms with Gasteiger partial charge in [0.2, 0.25) is 0 Å². The number of esters is 1. The molecular formula is C20H20F2O3. The first-order valence-corrected chi connectivity index (χ1v) is 8.37. The van der Waals surface area contributed by atoms with Crippen LogP contribution in [-0.2, 0) is 4.74 Å². The van der Waals surface area contributed by atoms with E-state index in [9.17, 15) is 13.6 Å². The summed E-state index contributed by atoms with van der Waals surface area (Å²) in [7, 11) is 1.75. The lowest BCUT2D eigenvalue weighted by molar-refractivity contribution is 0.0659. The molecule has 2 aromatic carbocycles. The number of rotatable bonds is 4. The second-order valence-corrected chi connectivity index (χ2v) is 6.30. The molecular weight excluding hydrogens is 326 g/mol. The summed E-state index contributed by atoms with van der Waals surface area (Å²) in [5.74, 6) is -2.17. The lowest BCUT2D eigenvalue weighted by Gasteiger charge is -2.27. The van der Waals surface area contributed by atoms with Gasteiger partial charge in [0, 0.05) is 13.2 Å². The van der Waals surface area contributed by atoms with Crippen molar-refractivity contribution in [3.63, 3.8) is 0 Å². The van der Waals surface area contributed by atoms with Crippen LogP contribution in [0.2, 0.25) is 0 Å². The highest BCUT2D eigenvalue weighted by Crippen LogP contribution is 2.33. The molecule has 0 bridgehead atoms. The van der Waals surface area contributed by atoms with E-state index in [1.54, 1.807) is 19.2 Å². The van der Waals surface area contributed by atoms with Crippen LogP contribution in [-0.4, -0.2) is 19.2 Å². The number of hydrogen-bond acceptors (Lipinski definition) is 3. The predicted octanol–water partition coefficient (Wildman–Crippen LogP) is 4.86. The molecule has 1 aliphatic rings. The Balaban J connectivity index is 1.63. The first kappa shape index (κ1) is 17.5. The highest BCUT2D eigenvalue weighted by molar-refractivity contribution is 5.91. The van der Waals surface area contributed by atoms with E-state index >= 15 is 0 Å². The summed E-state index contributed by atoms with van der Waals surface area (Å²) in [6.45, 7) is 0. The zero-order valence-electron chi connectivity index (χ0n) is 14.0. The molecule has 1 fully saturated rings. The average molecular weight is 346 g/mol. The quantitative estimate of drug-likeness (QED) is 0.586. The van der Waals surface area contributed by atoms with Gasteiger partial charge in [-0.1, -0.05) is 12.1 Å². The van der Waals surface area contributed by atoms with E-state index in [0.29, 0.717) is 17.6 Å². The van der Waals surface area contributed by atoms with Crippen molar-refractivity contribution in [3.8, 4) is 5.75 Å². The Kier molecular flexibility index (Phi) is 5.43. The molecule has 0 radical (unpaired) electrons. The van der Waals surface area contributed by atoms with E-state index in [2.05, 4.69) is 0 Å². The molecule has 0 aromatic heterocycles. The van der Waals surface area contributed by atoms with Crippen LogP contribution in [0.3, 0.4) is 0 Å². The summed E-state index contributed by atoms with van der Waals surface area (Å²) in [5, 5.41) is 0. The molecule has 0 amide bonds. The van der Waals surface area contributed by atoms with Crippen LogP contribution < -0.4 is 4.74 Å². The molecule has 1 saturated carbocycles. The topological polar surface area (TPSA) is 35.5 Å². The SMILES string of the molecule is COC1CCC(c2ccc(C(=O)Oc3ccc(F)c(F)c3)cc2)CC1. The van der Waals surface area contributed by atoms with Gasteiger partial charge in [-0.3, -0.25) is 0 Å². The van der Waals surface area contributed by atoms with Crippen LogP contribution in [0.25, 0.3) is 0 Å². The normalized spacial score (nSPS) is 20.3. The maximum Gasteiger partial charge on any atom is 0.343 e. The maximum absolute atomic E-state index is 13.2. The first-order valence-electron chi connectivity index (χ1n) is 8.37.